The summed E-state index contributed by atoms with van der Waals surface area (Å²) in [5, 5.41) is 9.43. The fourth-order valence-electron chi connectivity index (χ4n) is 0.623. The molecule has 0 aromatic heterocycles. The van der Waals surface area contributed by atoms with Crippen LogP contribution < -0.4 is 16.8 Å². The summed E-state index contributed by atoms with van der Waals surface area (Å²) in [5.41, 5.74) is 10.3. The van der Waals surface area contributed by atoms with Gasteiger partial charge in [0.2, 0.25) is 0 Å². The average molecular weight is 188 g/mol. The van der Waals surface area contributed by atoms with Crippen LogP contribution >= 0.6 is 0 Å². The van der Waals surface area contributed by atoms with Gasteiger partial charge in [-0.1, -0.05) is 0 Å². The maximum Gasteiger partial charge on any atom is 0.185 e. The lowest BCUT2D eigenvalue weighted by atomic mass is 10.4. The molecule has 0 aliphatic heterocycles. The van der Waals surface area contributed by atoms with Gasteiger partial charge in [0.25, 0.3) is 0 Å². The number of rotatable bonds is 6. The van der Waals surface area contributed by atoms with Crippen LogP contribution in [-0.4, -0.2) is 31.1 Å². The normalized spacial score (nSPS) is 12.2. The summed E-state index contributed by atoms with van der Waals surface area (Å²) in [5.74, 6) is -0.268. The third-order valence-corrected chi connectivity index (χ3v) is 1.33. The second-order valence-corrected chi connectivity index (χ2v) is 2.60. The van der Waals surface area contributed by atoms with Gasteiger partial charge in [-0.2, -0.15) is 0 Å². The van der Waals surface area contributed by atoms with E-state index in [-0.39, 0.29) is 11.7 Å². The molecule has 0 aromatic rings. The monoisotopic (exact) mass is 188 g/mol. The van der Waals surface area contributed by atoms with Crippen LogP contribution in [0, 0.1) is 5.41 Å². The molecule has 0 amide bonds. The molecule has 1 atom stereocenters. The summed E-state index contributed by atoms with van der Waals surface area (Å²) in [6.45, 7) is 2.29. The molecule has 76 valence electrons. The number of Topliss-reactive ketones (excluding diaryl/α,β-unsaturated/α-hetero) is 1. The first kappa shape index (κ1) is 11.9. The fourth-order valence-corrected chi connectivity index (χ4v) is 0.623. The lowest BCUT2D eigenvalue weighted by Gasteiger charge is -2.09. The Balaban J connectivity index is 3.26. The molecule has 0 unspecified atom stereocenters. The van der Waals surface area contributed by atoms with Crippen molar-refractivity contribution in [2.45, 2.75) is 19.6 Å². The Kier molecular flexibility index (Phi) is 5.82. The standard InChI is InChI=1S/C7H16N4O2/c1-5(12)6(8)13-4-2-3-11-7(9)10/h6H,2-4,8H2,1H3,(H4,9,10,11)/t6-/m1/s1. The number of carbonyl (C=O) groups excluding carboxylic acids is 1. The number of guanidine groups is 1. The highest BCUT2D eigenvalue weighted by molar-refractivity contribution is 5.79. The molecule has 13 heavy (non-hydrogen) atoms. The van der Waals surface area contributed by atoms with E-state index in [2.05, 4.69) is 5.32 Å². The summed E-state index contributed by atoms with van der Waals surface area (Å²) >= 11 is 0. The Hall–Kier alpha value is -1.14. The zero-order chi connectivity index (χ0) is 10.3. The van der Waals surface area contributed by atoms with Crippen LogP contribution in [0.5, 0.6) is 0 Å². The molecule has 0 saturated carbocycles. The van der Waals surface area contributed by atoms with E-state index >= 15 is 0 Å². The molecule has 6 nitrogen and oxygen atoms in total. The number of nitrogens with one attached hydrogen (secondary N) is 2. The number of ether oxygens (including phenoxy) is 1. The fraction of sp³-hybridized carbons (Fsp3) is 0.714. The Morgan fingerprint density at radius 1 is 1.69 bits per heavy atom. The maximum absolute atomic E-state index is 10.6. The van der Waals surface area contributed by atoms with Gasteiger partial charge >= 0.3 is 0 Å². The summed E-state index contributed by atoms with van der Waals surface area (Å²) in [7, 11) is 0. The van der Waals surface area contributed by atoms with Crippen molar-refractivity contribution in [3.63, 3.8) is 0 Å². The predicted octanol–water partition coefficient (Wildman–Crippen LogP) is -1.25. The minimum absolute atomic E-state index is 0.0733. The SMILES string of the molecule is CC(=O)[C@H](N)OCCCNC(=N)N. The Morgan fingerprint density at radius 2 is 2.31 bits per heavy atom. The topological polar surface area (TPSA) is 114 Å². The van der Waals surface area contributed by atoms with Gasteiger partial charge in [-0.15, -0.1) is 0 Å². The van der Waals surface area contributed by atoms with Crippen molar-refractivity contribution < 1.29 is 9.53 Å². The van der Waals surface area contributed by atoms with Gasteiger partial charge in [-0.05, 0) is 13.3 Å². The zero-order valence-electron chi connectivity index (χ0n) is 7.67. The van der Waals surface area contributed by atoms with E-state index in [1.165, 1.54) is 6.92 Å². The lowest BCUT2D eigenvalue weighted by Crippen LogP contribution is -2.34. The highest BCUT2D eigenvalue weighted by atomic mass is 16.5. The van der Waals surface area contributed by atoms with E-state index in [9.17, 15) is 4.79 Å². The highest BCUT2D eigenvalue weighted by Crippen LogP contribution is 1.87. The summed E-state index contributed by atoms with van der Waals surface area (Å²) in [6.07, 6.45) is -0.182. The molecule has 0 rings (SSSR count). The van der Waals surface area contributed by atoms with Crippen LogP contribution in [0.1, 0.15) is 13.3 Å². The average Bonchev–Trinajstić information content (AvgIpc) is 2.02. The molecule has 0 radical (unpaired) electrons. The van der Waals surface area contributed by atoms with Crippen molar-refractivity contribution in [2.24, 2.45) is 11.5 Å². The van der Waals surface area contributed by atoms with E-state index < -0.39 is 6.23 Å². The Bertz CT molecular complexity index is 183. The first-order valence-electron chi connectivity index (χ1n) is 3.99. The van der Waals surface area contributed by atoms with Crippen LogP contribution in [0.3, 0.4) is 0 Å². The molecule has 0 fully saturated rings. The van der Waals surface area contributed by atoms with Gasteiger partial charge < -0.3 is 15.8 Å². The quantitative estimate of drug-likeness (QED) is 0.180. The van der Waals surface area contributed by atoms with Crippen LogP contribution in [-0.2, 0) is 9.53 Å². The first-order chi connectivity index (χ1) is 6.04. The van der Waals surface area contributed by atoms with Crippen LogP contribution in [0.4, 0.5) is 0 Å². The maximum atomic E-state index is 10.6. The minimum Gasteiger partial charge on any atom is -0.370 e. The second kappa shape index (κ2) is 6.38. The van der Waals surface area contributed by atoms with Crippen molar-refractivity contribution in [2.75, 3.05) is 13.2 Å². The van der Waals surface area contributed by atoms with Crippen LogP contribution in [0.15, 0.2) is 0 Å². The van der Waals surface area contributed by atoms with Crippen molar-refractivity contribution >= 4 is 11.7 Å². The Labute approximate surface area is 77.1 Å². The van der Waals surface area contributed by atoms with E-state index in [1.807, 2.05) is 0 Å². The van der Waals surface area contributed by atoms with Gasteiger partial charge in [0.05, 0.1) is 6.61 Å². The number of hydrogen-bond acceptors (Lipinski definition) is 4. The van der Waals surface area contributed by atoms with E-state index in [4.69, 9.17) is 21.6 Å². The molecule has 6 N–H and O–H groups in total. The van der Waals surface area contributed by atoms with Crippen molar-refractivity contribution in [3.05, 3.63) is 0 Å². The molecule has 6 heteroatoms. The smallest absolute Gasteiger partial charge is 0.185 e. The third-order valence-electron chi connectivity index (χ3n) is 1.33. The van der Waals surface area contributed by atoms with E-state index in [0.717, 1.165) is 0 Å². The third kappa shape index (κ3) is 7.23. The molecule has 0 aromatic carbocycles. The van der Waals surface area contributed by atoms with Gasteiger partial charge in [0.1, 0.15) is 0 Å². The van der Waals surface area contributed by atoms with Gasteiger partial charge in [-0.25, -0.2) is 0 Å². The number of ketones is 1. The van der Waals surface area contributed by atoms with E-state index in [1.54, 1.807) is 0 Å². The molecule has 0 aliphatic carbocycles. The van der Waals surface area contributed by atoms with Gasteiger partial charge in [0, 0.05) is 6.54 Å². The number of nitrogens with two attached hydrogens (primary N) is 2. The summed E-state index contributed by atoms with van der Waals surface area (Å²) < 4.78 is 4.96. The number of carbonyl (C=O) groups is 1. The molecule has 0 heterocycles. The van der Waals surface area contributed by atoms with Gasteiger partial charge in [-0.3, -0.25) is 15.9 Å². The van der Waals surface area contributed by atoms with Crippen molar-refractivity contribution in [1.29, 1.82) is 5.41 Å². The molecule has 0 spiro atoms. The Morgan fingerprint density at radius 3 is 2.77 bits per heavy atom. The van der Waals surface area contributed by atoms with Crippen LogP contribution in [0.25, 0.3) is 0 Å². The molecule has 0 aliphatic rings. The molecular weight excluding hydrogens is 172 g/mol. The largest absolute Gasteiger partial charge is 0.370 e. The minimum atomic E-state index is -0.836. The molecular formula is C7H16N4O2. The van der Waals surface area contributed by atoms with Crippen molar-refractivity contribution in [3.8, 4) is 0 Å². The zero-order valence-corrected chi connectivity index (χ0v) is 7.67. The lowest BCUT2D eigenvalue weighted by molar-refractivity contribution is -0.128. The highest BCUT2D eigenvalue weighted by Gasteiger charge is 2.06. The van der Waals surface area contributed by atoms with Crippen molar-refractivity contribution in [1.82, 2.24) is 5.32 Å². The molecule has 0 bridgehead atoms. The second-order valence-electron chi connectivity index (χ2n) is 2.60. The first-order valence-corrected chi connectivity index (χ1v) is 3.99. The summed E-state index contributed by atoms with van der Waals surface area (Å²) in [4.78, 5) is 10.6. The van der Waals surface area contributed by atoms with E-state index in [0.29, 0.717) is 19.6 Å². The van der Waals surface area contributed by atoms with Crippen LogP contribution in [0.2, 0.25) is 0 Å². The summed E-state index contributed by atoms with van der Waals surface area (Å²) in [6, 6.07) is 0. The van der Waals surface area contributed by atoms with Gasteiger partial charge in [0.15, 0.2) is 18.0 Å². The predicted molar refractivity (Wildman–Crippen MR) is 49.1 cm³/mol. The molecule has 0 saturated heterocycles. The number of hydrogen-bond donors (Lipinski definition) is 4.